The van der Waals surface area contributed by atoms with Crippen LogP contribution in [-0.4, -0.2) is 53.6 Å². The summed E-state index contributed by atoms with van der Waals surface area (Å²) in [5.41, 5.74) is -0.461. The van der Waals surface area contributed by atoms with Crippen molar-refractivity contribution in [3.8, 4) is 0 Å². The van der Waals surface area contributed by atoms with E-state index in [0.717, 1.165) is 19.5 Å². The number of rotatable bonds is 3. The molecule has 0 spiro atoms. The Labute approximate surface area is 126 Å². The van der Waals surface area contributed by atoms with Gasteiger partial charge in [-0.05, 0) is 33.1 Å². The summed E-state index contributed by atoms with van der Waals surface area (Å²) >= 11 is 0. The first-order chi connectivity index (χ1) is 9.78. The Hall–Kier alpha value is -1.52. The van der Waals surface area contributed by atoms with Crippen LogP contribution in [0.1, 0.15) is 33.6 Å². The lowest BCUT2D eigenvalue weighted by Gasteiger charge is -2.25. The van der Waals surface area contributed by atoms with Crippen molar-refractivity contribution in [2.75, 3.05) is 26.2 Å². The molecule has 2 saturated heterocycles. The van der Waals surface area contributed by atoms with Gasteiger partial charge < -0.3 is 14.5 Å². The molecule has 1 unspecified atom stereocenters. The fourth-order valence-electron chi connectivity index (χ4n) is 2.92. The van der Waals surface area contributed by atoms with E-state index in [0.29, 0.717) is 25.4 Å². The molecule has 2 fully saturated rings. The molecule has 21 heavy (non-hydrogen) atoms. The number of hydrogen-bond donors (Lipinski definition) is 0. The Balaban J connectivity index is 1.82. The molecular formula is C16H26N2O3. The minimum absolute atomic E-state index is 0.204. The van der Waals surface area contributed by atoms with E-state index in [1.807, 2.05) is 31.7 Å². The van der Waals surface area contributed by atoms with Crippen LogP contribution >= 0.6 is 0 Å². The predicted octanol–water partition coefficient (Wildman–Crippen LogP) is 2.28. The smallest absolute Gasteiger partial charge is 0.410 e. The van der Waals surface area contributed by atoms with Crippen LogP contribution < -0.4 is 0 Å². The van der Waals surface area contributed by atoms with Crippen molar-refractivity contribution in [3.63, 3.8) is 0 Å². The number of hydrogen-bond acceptors (Lipinski definition) is 3. The van der Waals surface area contributed by atoms with E-state index in [-0.39, 0.29) is 17.9 Å². The highest BCUT2D eigenvalue weighted by Gasteiger charge is 2.34. The molecule has 2 atom stereocenters. The van der Waals surface area contributed by atoms with Gasteiger partial charge in [-0.15, -0.1) is 6.58 Å². The molecule has 5 heteroatoms. The van der Waals surface area contributed by atoms with Crippen molar-refractivity contribution < 1.29 is 14.3 Å². The van der Waals surface area contributed by atoms with Gasteiger partial charge in [0.15, 0.2) is 0 Å². The Kier molecular flexibility index (Phi) is 4.59. The molecule has 2 aliphatic rings. The van der Waals surface area contributed by atoms with Gasteiger partial charge in [0, 0.05) is 38.5 Å². The largest absolute Gasteiger partial charge is 0.444 e. The quantitative estimate of drug-likeness (QED) is 0.750. The van der Waals surface area contributed by atoms with Crippen molar-refractivity contribution in [2.24, 2.45) is 11.8 Å². The van der Waals surface area contributed by atoms with Gasteiger partial charge in [0.2, 0.25) is 5.91 Å². The molecule has 0 saturated carbocycles. The second-order valence-corrected chi connectivity index (χ2v) is 7.08. The fourth-order valence-corrected chi connectivity index (χ4v) is 2.92. The van der Waals surface area contributed by atoms with Crippen molar-refractivity contribution in [1.29, 1.82) is 0 Å². The molecule has 2 rings (SSSR count). The van der Waals surface area contributed by atoms with E-state index < -0.39 is 5.60 Å². The molecule has 0 N–H and O–H groups in total. The number of likely N-dealkylation sites (tertiary alicyclic amines) is 2. The molecule has 0 aromatic rings. The highest BCUT2D eigenvalue weighted by atomic mass is 16.6. The number of amides is 2. The lowest BCUT2D eigenvalue weighted by atomic mass is 10.1. The zero-order chi connectivity index (χ0) is 15.6. The zero-order valence-electron chi connectivity index (χ0n) is 13.3. The van der Waals surface area contributed by atoms with Crippen LogP contribution in [0.15, 0.2) is 12.7 Å². The molecule has 0 radical (unpaired) electrons. The van der Waals surface area contributed by atoms with Gasteiger partial charge in [-0.25, -0.2) is 4.79 Å². The summed E-state index contributed by atoms with van der Waals surface area (Å²) < 4.78 is 5.39. The third-order valence-electron chi connectivity index (χ3n) is 3.99. The van der Waals surface area contributed by atoms with E-state index in [4.69, 9.17) is 4.74 Å². The predicted molar refractivity (Wildman–Crippen MR) is 80.8 cm³/mol. The number of carbonyl (C=O) groups excluding carboxylic acids is 2. The maximum atomic E-state index is 12.0. The summed E-state index contributed by atoms with van der Waals surface area (Å²) in [5.74, 6) is 0.835. The van der Waals surface area contributed by atoms with Gasteiger partial charge in [0.1, 0.15) is 5.60 Å². The van der Waals surface area contributed by atoms with Gasteiger partial charge in [-0.1, -0.05) is 6.08 Å². The molecule has 2 amide bonds. The van der Waals surface area contributed by atoms with Crippen molar-refractivity contribution >= 4 is 12.0 Å². The SMILES string of the molecule is C=CC1CC(=O)N(C[C@H]2CCN(C(=O)OC(C)(C)C)C2)C1. The van der Waals surface area contributed by atoms with Crippen LogP contribution in [0.25, 0.3) is 0 Å². The Morgan fingerprint density at radius 3 is 2.71 bits per heavy atom. The standard InChI is InChI=1S/C16H26N2O3/c1-5-12-8-14(19)18(9-12)11-13-6-7-17(10-13)15(20)21-16(2,3)4/h5,12-13H,1,6-11H2,2-4H3/t12?,13-/m0/s1. The van der Waals surface area contributed by atoms with Crippen molar-refractivity contribution in [1.82, 2.24) is 9.80 Å². The Bertz CT molecular complexity index is 428. The average molecular weight is 294 g/mol. The van der Waals surface area contributed by atoms with Crippen molar-refractivity contribution in [2.45, 2.75) is 39.2 Å². The summed E-state index contributed by atoms with van der Waals surface area (Å²) in [6, 6.07) is 0. The lowest BCUT2D eigenvalue weighted by molar-refractivity contribution is -0.128. The maximum absolute atomic E-state index is 12.0. The van der Waals surface area contributed by atoms with Crippen molar-refractivity contribution in [3.05, 3.63) is 12.7 Å². The molecule has 2 heterocycles. The molecule has 0 aromatic carbocycles. The number of nitrogens with zero attached hydrogens (tertiary/aromatic N) is 2. The van der Waals surface area contributed by atoms with Crippen LogP contribution in [0.4, 0.5) is 4.79 Å². The molecule has 0 aliphatic carbocycles. The lowest BCUT2D eigenvalue weighted by Crippen LogP contribution is -2.37. The second-order valence-electron chi connectivity index (χ2n) is 7.08. The van der Waals surface area contributed by atoms with Gasteiger partial charge in [-0.2, -0.15) is 0 Å². The monoisotopic (exact) mass is 294 g/mol. The Morgan fingerprint density at radius 2 is 2.14 bits per heavy atom. The summed E-state index contributed by atoms with van der Waals surface area (Å²) in [5, 5.41) is 0. The van der Waals surface area contributed by atoms with Gasteiger partial charge >= 0.3 is 6.09 Å². The minimum atomic E-state index is -0.461. The zero-order valence-corrected chi connectivity index (χ0v) is 13.3. The van der Waals surface area contributed by atoms with Crippen LogP contribution in [0, 0.1) is 11.8 Å². The molecule has 0 bridgehead atoms. The molecule has 118 valence electrons. The summed E-state index contributed by atoms with van der Waals surface area (Å²) in [7, 11) is 0. The summed E-state index contributed by atoms with van der Waals surface area (Å²) in [6.45, 7) is 12.3. The fraction of sp³-hybridized carbons (Fsp3) is 0.750. The first-order valence-electron chi connectivity index (χ1n) is 7.66. The van der Waals surface area contributed by atoms with Crippen LogP contribution in [0.5, 0.6) is 0 Å². The van der Waals surface area contributed by atoms with E-state index in [1.54, 1.807) is 4.90 Å². The minimum Gasteiger partial charge on any atom is -0.444 e. The number of carbonyl (C=O) groups is 2. The molecule has 0 aromatic heterocycles. The Morgan fingerprint density at radius 1 is 1.43 bits per heavy atom. The molecular weight excluding hydrogens is 268 g/mol. The van der Waals surface area contributed by atoms with Gasteiger partial charge in [0.25, 0.3) is 0 Å². The number of ether oxygens (including phenoxy) is 1. The first-order valence-corrected chi connectivity index (χ1v) is 7.66. The first kappa shape index (κ1) is 15.9. The average Bonchev–Trinajstić information content (AvgIpc) is 2.95. The van der Waals surface area contributed by atoms with E-state index in [9.17, 15) is 9.59 Å². The third-order valence-corrected chi connectivity index (χ3v) is 3.99. The highest BCUT2D eigenvalue weighted by molar-refractivity contribution is 5.79. The third kappa shape index (κ3) is 4.22. The van der Waals surface area contributed by atoms with Gasteiger partial charge in [0.05, 0.1) is 0 Å². The van der Waals surface area contributed by atoms with E-state index in [2.05, 4.69) is 6.58 Å². The molecule has 5 nitrogen and oxygen atoms in total. The van der Waals surface area contributed by atoms with E-state index >= 15 is 0 Å². The van der Waals surface area contributed by atoms with Crippen LogP contribution in [0.3, 0.4) is 0 Å². The second kappa shape index (κ2) is 6.08. The molecule has 2 aliphatic heterocycles. The van der Waals surface area contributed by atoms with E-state index in [1.165, 1.54) is 0 Å². The summed E-state index contributed by atoms with van der Waals surface area (Å²) in [4.78, 5) is 27.6. The van der Waals surface area contributed by atoms with Crippen LogP contribution in [-0.2, 0) is 9.53 Å². The normalized spacial score (nSPS) is 26.3. The maximum Gasteiger partial charge on any atom is 0.410 e. The topological polar surface area (TPSA) is 49.9 Å². The summed E-state index contributed by atoms with van der Waals surface area (Å²) in [6.07, 6.45) is 3.12. The van der Waals surface area contributed by atoms with Gasteiger partial charge in [-0.3, -0.25) is 4.79 Å². The van der Waals surface area contributed by atoms with Crippen LogP contribution in [0.2, 0.25) is 0 Å². The highest BCUT2D eigenvalue weighted by Crippen LogP contribution is 2.24.